The maximum Gasteiger partial charge on any atom is 0.264 e. The third kappa shape index (κ3) is 5.00. The molecule has 6 nitrogen and oxygen atoms in total. The Morgan fingerprint density at radius 3 is 2.81 bits per heavy atom. The number of benzene rings is 2. The Bertz CT molecular complexity index is 1450. The van der Waals surface area contributed by atoms with E-state index < -0.39 is 5.82 Å². The Labute approximate surface area is 214 Å². The quantitative estimate of drug-likeness (QED) is 0.383. The first kappa shape index (κ1) is 24.4. The van der Waals surface area contributed by atoms with Gasteiger partial charge in [-0.05, 0) is 74.3 Å². The lowest BCUT2D eigenvalue weighted by Gasteiger charge is -2.23. The molecule has 3 heterocycles. The monoisotopic (exact) mass is 506 g/mol. The van der Waals surface area contributed by atoms with Crippen molar-refractivity contribution in [2.75, 3.05) is 20.1 Å². The average Bonchev–Trinajstić information content (AvgIpc) is 3.31. The lowest BCUT2D eigenvalue weighted by atomic mass is 9.96. The molecule has 2 N–H and O–H groups in total. The lowest BCUT2D eigenvalue weighted by Crippen LogP contribution is -2.35. The standard InChI is InChI=1S/C28H28ClFN4O2/c1-17-8-18(10-19(29)9-17)24-14-32-26-5-7-34(22-11-20(30)12-23(35)13-22)28(36)27(26)25(24)16-33(2)15-21-4-3-6-31-21/h5,7-14,21,31,35H,3-4,6,15-16H2,1-2H3/t21-/m0/s1. The maximum absolute atomic E-state index is 14.1. The first-order valence-corrected chi connectivity index (χ1v) is 12.4. The van der Waals surface area contributed by atoms with Gasteiger partial charge in [0, 0.05) is 54.2 Å². The smallest absolute Gasteiger partial charge is 0.264 e. The predicted molar refractivity (Wildman–Crippen MR) is 142 cm³/mol. The molecule has 1 aliphatic heterocycles. The van der Waals surface area contributed by atoms with E-state index in [9.17, 15) is 14.3 Å². The van der Waals surface area contributed by atoms with Crippen molar-refractivity contribution >= 4 is 22.5 Å². The van der Waals surface area contributed by atoms with Crippen molar-refractivity contribution in [1.29, 1.82) is 0 Å². The van der Waals surface area contributed by atoms with Crippen LogP contribution >= 0.6 is 11.6 Å². The Balaban J connectivity index is 1.71. The zero-order valence-corrected chi connectivity index (χ0v) is 21.0. The fourth-order valence-corrected chi connectivity index (χ4v) is 5.38. The van der Waals surface area contributed by atoms with E-state index in [1.807, 2.05) is 32.2 Å². The fraction of sp³-hybridized carbons (Fsp3) is 0.286. The second-order valence-corrected chi connectivity index (χ2v) is 10.0. The van der Waals surface area contributed by atoms with Gasteiger partial charge < -0.3 is 15.3 Å². The van der Waals surface area contributed by atoms with Crippen molar-refractivity contribution in [2.24, 2.45) is 0 Å². The summed E-state index contributed by atoms with van der Waals surface area (Å²) in [6.07, 6.45) is 5.64. The van der Waals surface area contributed by atoms with E-state index in [0.29, 0.717) is 28.5 Å². The Kier molecular flexibility index (Phi) is 6.79. The van der Waals surface area contributed by atoms with Gasteiger partial charge in [0.25, 0.3) is 5.56 Å². The van der Waals surface area contributed by atoms with E-state index in [4.69, 9.17) is 11.6 Å². The number of hydrogen-bond acceptors (Lipinski definition) is 5. The SMILES string of the molecule is Cc1cc(Cl)cc(-c2cnc3ccn(-c4cc(O)cc(F)c4)c(=O)c3c2CN(C)C[C@@H]2CCCN2)c1. The molecule has 2 aromatic heterocycles. The summed E-state index contributed by atoms with van der Waals surface area (Å²) in [4.78, 5) is 20.7. The minimum Gasteiger partial charge on any atom is -0.508 e. The Morgan fingerprint density at radius 1 is 1.25 bits per heavy atom. The van der Waals surface area contributed by atoms with Gasteiger partial charge in [-0.15, -0.1) is 0 Å². The highest BCUT2D eigenvalue weighted by atomic mass is 35.5. The number of hydrogen-bond donors (Lipinski definition) is 2. The van der Waals surface area contributed by atoms with E-state index in [2.05, 4.69) is 15.2 Å². The van der Waals surface area contributed by atoms with Crippen LogP contribution in [0.5, 0.6) is 5.75 Å². The van der Waals surface area contributed by atoms with Crippen molar-refractivity contribution < 1.29 is 9.50 Å². The molecule has 8 heteroatoms. The molecule has 1 atom stereocenters. The van der Waals surface area contributed by atoms with Gasteiger partial charge in [-0.25, -0.2) is 4.39 Å². The van der Waals surface area contributed by atoms with Gasteiger partial charge in [-0.1, -0.05) is 17.7 Å². The Morgan fingerprint density at radius 2 is 2.08 bits per heavy atom. The van der Waals surface area contributed by atoms with Crippen LogP contribution in [0, 0.1) is 12.7 Å². The molecule has 0 bridgehead atoms. The minimum atomic E-state index is -0.623. The molecular formula is C28H28ClFN4O2. The first-order chi connectivity index (χ1) is 17.3. The number of halogens is 2. The zero-order chi connectivity index (χ0) is 25.4. The van der Waals surface area contributed by atoms with Gasteiger partial charge in [0.05, 0.1) is 16.6 Å². The van der Waals surface area contributed by atoms with E-state index in [1.54, 1.807) is 18.5 Å². The summed E-state index contributed by atoms with van der Waals surface area (Å²) >= 11 is 6.39. The summed E-state index contributed by atoms with van der Waals surface area (Å²) in [7, 11) is 2.05. The third-order valence-electron chi connectivity index (χ3n) is 6.65. The zero-order valence-electron chi connectivity index (χ0n) is 20.3. The molecule has 0 aliphatic carbocycles. The third-order valence-corrected chi connectivity index (χ3v) is 6.87. The molecular weight excluding hydrogens is 479 g/mol. The molecule has 1 aliphatic rings. The topological polar surface area (TPSA) is 70.4 Å². The highest BCUT2D eigenvalue weighted by Crippen LogP contribution is 2.31. The molecule has 0 amide bonds. The van der Waals surface area contributed by atoms with Crippen LogP contribution < -0.4 is 10.9 Å². The van der Waals surface area contributed by atoms with Crippen LogP contribution in [0.25, 0.3) is 27.7 Å². The molecule has 0 saturated carbocycles. The van der Waals surface area contributed by atoms with Crippen LogP contribution in [0.15, 0.2) is 59.7 Å². The van der Waals surface area contributed by atoms with Gasteiger partial charge >= 0.3 is 0 Å². The number of rotatable bonds is 6. The van der Waals surface area contributed by atoms with E-state index in [1.165, 1.54) is 16.7 Å². The van der Waals surface area contributed by atoms with Crippen molar-refractivity contribution in [3.8, 4) is 22.6 Å². The predicted octanol–water partition coefficient (Wildman–Crippen LogP) is 5.04. The highest BCUT2D eigenvalue weighted by Gasteiger charge is 2.21. The summed E-state index contributed by atoms with van der Waals surface area (Å²) in [5, 5.41) is 14.5. The molecule has 5 rings (SSSR count). The van der Waals surface area contributed by atoms with Gasteiger partial charge in [0.15, 0.2) is 0 Å². The molecule has 4 aromatic rings. The van der Waals surface area contributed by atoms with Crippen LogP contribution in [0.3, 0.4) is 0 Å². The van der Waals surface area contributed by atoms with E-state index in [-0.39, 0.29) is 17.0 Å². The second kappa shape index (κ2) is 10.0. The molecule has 36 heavy (non-hydrogen) atoms. The molecule has 186 valence electrons. The van der Waals surface area contributed by atoms with Crippen LogP contribution in [0.4, 0.5) is 4.39 Å². The normalized spacial score (nSPS) is 15.8. The van der Waals surface area contributed by atoms with Crippen LogP contribution in [-0.2, 0) is 6.54 Å². The van der Waals surface area contributed by atoms with E-state index >= 15 is 0 Å². The largest absolute Gasteiger partial charge is 0.508 e. The minimum absolute atomic E-state index is 0.248. The first-order valence-electron chi connectivity index (χ1n) is 12.0. The van der Waals surface area contributed by atoms with Gasteiger partial charge in [-0.3, -0.25) is 14.3 Å². The van der Waals surface area contributed by atoms with Crippen molar-refractivity contribution in [2.45, 2.75) is 32.4 Å². The highest BCUT2D eigenvalue weighted by molar-refractivity contribution is 6.31. The number of fused-ring (bicyclic) bond motifs is 1. The number of aryl methyl sites for hydroxylation is 1. The summed E-state index contributed by atoms with van der Waals surface area (Å²) in [5.41, 5.74) is 4.04. The number of nitrogens with zero attached hydrogens (tertiary/aromatic N) is 3. The number of nitrogens with one attached hydrogen (secondary N) is 1. The summed E-state index contributed by atoms with van der Waals surface area (Å²) in [6.45, 7) is 4.36. The van der Waals surface area contributed by atoms with Gasteiger partial charge in [-0.2, -0.15) is 0 Å². The molecule has 1 fully saturated rings. The molecule has 0 spiro atoms. The molecule has 0 radical (unpaired) electrons. The van der Waals surface area contributed by atoms with Crippen molar-refractivity contribution in [3.63, 3.8) is 0 Å². The lowest BCUT2D eigenvalue weighted by molar-refractivity contribution is 0.294. The number of likely N-dealkylation sites (N-methyl/N-ethyl adjacent to an activating group) is 1. The van der Waals surface area contributed by atoms with Crippen LogP contribution in [-0.4, -0.2) is 45.7 Å². The van der Waals surface area contributed by atoms with Crippen molar-refractivity contribution in [1.82, 2.24) is 19.8 Å². The second-order valence-electron chi connectivity index (χ2n) is 9.58. The summed E-state index contributed by atoms with van der Waals surface area (Å²) in [5.74, 6) is -0.871. The van der Waals surface area contributed by atoms with Crippen molar-refractivity contribution in [3.05, 3.63) is 87.2 Å². The molecule has 0 unspecified atom stereocenters. The van der Waals surface area contributed by atoms with Crippen LogP contribution in [0.1, 0.15) is 24.0 Å². The summed E-state index contributed by atoms with van der Waals surface area (Å²) in [6, 6.07) is 11.6. The van der Waals surface area contributed by atoms with Gasteiger partial charge in [0.2, 0.25) is 0 Å². The number of aromatic nitrogens is 2. The van der Waals surface area contributed by atoms with E-state index in [0.717, 1.165) is 54.3 Å². The van der Waals surface area contributed by atoms with Gasteiger partial charge in [0.1, 0.15) is 11.6 Å². The molecule has 1 saturated heterocycles. The number of aromatic hydroxyl groups is 1. The summed E-state index contributed by atoms with van der Waals surface area (Å²) < 4.78 is 15.4. The van der Waals surface area contributed by atoms with Crippen LogP contribution in [0.2, 0.25) is 5.02 Å². The maximum atomic E-state index is 14.1. The Hall–Kier alpha value is -3.26. The average molecular weight is 507 g/mol. The number of pyridine rings is 2. The fourth-order valence-electron chi connectivity index (χ4n) is 5.09. The number of phenolic OH excluding ortho intramolecular Hbond substituents is 1. The number of phenols is 1. The molecule has 2 aromatic carbocycles.